The summed E-state index contributed by atoms with van der Waals surface area (Å²) in [7, 11) is 0. The molecular formula is C16H22BrN3O. The zero-order chi connectivity index (χ0) is 15.0. The van der Waals surface area contributed by atoms with Gasteiger partial charge in [-0.15, -0.1) is 0 Å². The van der Waals surface area contributed by atoms with Crippen LogP contribution in [0.1, 0.15) is 13.8 Å². The first-order chi connectivity index (χ1) is 9.96. The van der Waals surface area contributed by atoms with E-state index in [2.05, 4.69) is 45.3 Å². The molecule has 2 heterocycles. The molecule has 2 N–H and O–H groups in total. The second-order valence-electron chi connectivity index (χ2n) is 6.62. The van der Waals surface area contributed by atoms with Gasteiger partial charge in [0.25, 0.3) is 0 Å². The highest BCUT2D eigenvalue weighted by Gasteiger charge is 2.49. The SMILES string of the molecule is CC1(C)C2CNCC2CN1CC(=O)Nc1cccc(Br)c1. The lowest BCUT2D eigenvalue weighted by Crippen LogP contribution is -2.47. The van der Waals surface area contributed by atoms with Crippen molar-refractivity contribution in [2.24, 2.45) is 11.8 Å². The molecule has 0 spiro atoms. The lowest BCUT2D eigenvalue weighted by Gasteiger charge is -2.35. The average Bonchev–Trinajstić information content (AvgIpc) is 2.94. The number of hydrogen-bond donors (Lipinski definition) is 2. The lowest BCUT2D eigenvalue weighted by atomic mass is 9.85. The van der Waals surface area contributed by atoms with Crippen molar-refractivity contribution >= 4 is 27.5 Å². The normalized spacial score (nSPS) is 27.6. The number of carbonyl (C=O) groups is 1. The van der Waals surface area contributed by atoms with Gasteiger partial charge in [0.1, 0.15) is 0 Å². The Morgan fingerprint density at radius 1 is 1.48 bits per heavy atom. The van der Waals surface area contributed by atoms with E-state index in [1.54, 1.807) is 0 Å². The topological polar surface area (TPSA) is 44.4 Å². The van der Waals surface area contributed by atoms with Gasteiger partial charge in [0.2, 0.25) is 5.91 Å². The molecule has 2 aliphatic rings. The van der Waals surface area contributed by atoms with Crippen LogP contribution in [0.3, 0.4) is 0 Å². The second kappa shape index (κ2) is 5.71. The summed E-state index contributed by atoms with van der Waals surface area (Å²) in [5, 5.41) is 6.45. The van der Waals surface area contributed by atoms with Gasteiger partial charge in [-0.25, -0.2) is 0 Å². The molecule has 1 amide bonds. The van der Waals surface area contributed by atoms with Crippen LogP contribution in [0.4, 0.5) is 5.69 Å². The molecular weight excluding hydrogens is 330 g/mol. The van der Waals surface area contributed by atoms with E-state index in [9.17, 15) is 4.79 Å². The molecule has 2 aliphatic heterocycles. The number of anilines is 1. The monoisotopic (exact) mass is 351 g/mol. The minimum atomic E-state index is 0.0640. The fraction of sp³-hybridized carbons (Fsp3) is 0.562. The van der Waals surface area contributed by atoms with Crippen molar-refractivity contribution in [3.63, 3.8) is 0 Å². The van der Waals surface area contributed by atoms with E-state index in [-0.39, 0.29) is 11.4 Å². The molecule has 2 saturated heterocycles. The third kappa shape index (κ3) is 3.00. The molecule has 0 saturated carbocycles. The third-order valence-electron chi connectivity index (χ3n) is 4.96. The molecule has 0 aliphatic carbocycles. The van der Waals surface area contributed by atoms with Crippen LogP contribution in [0.2, 0.25) is 0 Å². The van der Waals surface area contributed by atoms with Crippen molar-refractivity contribution in [3.8, 4) is 0 Å². The van der Waals surface area contributed by atoms with Gasteiger partial charge in [-0.05, 0) is 50.4 Å². The van der Waals surface area contributed by atoms with Crippen molar-refractivity contribution in [1.82, 2.24) is 10.2 Å². The minimum absolute atomic E-state index is 0.0640. The van der Waals surface area contributed by atoms with Crippen LogP contribution in [0.5, 0.6) is 0 Å². The highest BCUT2D eigenvalue weighted by molar-refractivity contribution is 9.10. The van der Waals surface area contributed by atoms with E-state index in [1.165, 1.54) is 0 Å². The van der Waals surface area contributed by atoms with Crippen LogP contribution in [-0.4, -0.2) is 42.5 Å². The maximum Gasteiger partial charge on any atom is 0.238 e. The van der Waals surface area contributed by atoms with E-state index in [1.807, 2.05) is 24.3 Å². The molecule has 114 valence electrons. The van der Waals surface area contributed by atoms with Crippen LogP contribution in [0.25, 0.3) is 0 Å². The summed E-state index contributed by atoms with van der Waals surface area (Å²) in [6, 6.07) is 7.71. The number of nitrogens with zero attached hydrogens (tertiary/aromatic N) is 1. The van der Waals surface area contributed by atoms with Gasteiger partial charge < -0.3 is 10.6 Å². The standard InChI is InChI=1S/C16H22BrN3O/c1-16(2)14-8-18-7-11(14)9-20(16)10-15(21)19-13-5-3-4-12(17)6-13/h3-6,11,14,18H,7-10H2,1-2H3,(H,19,21). The number of benzene rings is 1. The van der Waals surface area contributed by atoms with Crippen molar-refractivity contribution in [2.45, 2.75) is 19.4 Å². The van der Waals surface area contributed by atoms with Crippen LogP contribution in [0, 0.1) is 11.8 Å². The number of carbonyl (C=O) groups excluding carboxylic acids is 1. The molecule has 3 rings (SSSR count). The Kier molecular flexibility index (Phi) is 4.08. The number of hydrogen-bond acceptors (Lipinski definition) is 3. The largest absolute Gasteiger partial charge is 0.325 e. The molecule has 4 nitrogen and oxygen atoms in total. The van der Waals surface area contributed by atoms with E-state index in [4.69, 9.17) is 0 Å². The van der Waals surface area contributed by atoms with Gasteiger partial charge >= 0.3 is 0 Å². The van der Waals surface area contributed by atoms with E-state index in [0.717, 1.165) is 29.8 Å². The first-order valence-electron chi connectivity index (χ1n) is 7.48. The molecule has 1 aromatic rings. The van der Waals surface area contributed by atoms with E-state index in [0.29, 0.717) is 18.4 Å². The highest BCUT2D eigenvalue weighted by Crippen LogP contribution is 2.40. The molecule has 0 radical (unpaired) electrons. The fourth-order valence-electron chi connectivity index (χ4n) is 3.71. The second-order valence-corrected chi connectivity index (χ2v) is 7.53. The van der Waals surface area contributed by atoms with Crippen LogP contribution < -0.4 is 10.6 Å². The number of halogens is 1. The Labute approximate surface area is 134 Å². The predicted molar refractivity (Wildman–Crippen MR) is 88.3 cm³/mol. The van der Waals surface area contributed by atoms with Crippen LogP contribution in [0.15, 0.2) is 28.7 Å². The number of amides is 1. The lowest BCUT2D eigenvalue weighted by molar-refractivity contribution is -0.118. The fourth-order valence-corrected chi connectivity index (χ4v) is 4.11. The van der Waals surface area contributed by atoms with Crippen molar-refractivity contribution in [3.05, 3.63) is 28.7 Å². The van der Waals surface area contributed by atoms with Crippen molar-refractivity contribution in [2.75, 3.05) is 31.5 Å². The highest BCUT2D eigenvalue weighted by atomic mass is 79.9. The van der Waals surface area contributed by atoms with Gasteiger partial charge in [0.15, 0.2) is 0 Å². The number of likely N-dealkylation sites (tertiary alicyclic amines) is 1. The van der Waals surface area contributed by atoms with Gasteiger partial charge in [0, 0.05) is 28.8 Å². The minimum Gasteiger partial charge on any atom is -0.325 e. The Bertz CT molecular complexity index is 546. The summed E-state index contributed by atoms with van der Waals surface area (Å²) in [5.74, 6) is 1.39. The number of rotatable bonds is 3. The maximum absolute atomic E-state index is 12.3. The summed E-state index contributed by atoms with van der Waals surface area (Å²) in [4.78, 5) is 14.6. The molecule has 2 unspecified atom stereocenters. The molecule has 1 aromatic carbocycles. The zero-order valence-electron chi connectivity index (χ0n) is 12.5. The van der Waals surface area contributed by atoms with Crippen LogP contribution in [-0.2, 0) is 4.79 Å². The van der Waals surface area contributed by atoms with E-state index >= 15 is 0 Å². The summed E-state index contributed by atoms with van der Waals surface area (Å²) >= 11 is 3.42. The first kappa shape index (κ1) is 15.0. The summed E-state index contributed by atoms with van der Waals surface area (Å²) in [6.45, 7) is 8.15. The Hall–Kier alpha value is -0.910. The molecule has 5 heteroatoms. The average molecular weight is 352 g/mol. The summed E-state index contributed by atoms with van der Waals surface area (Å²) < 4.78 is 0.974. The Morgan fingerprint density at radius 3 is 3.00 bits per heavy atom. The Morgan fingerprint density at radius 2 is 2.29 bits per heavy atom. The van der Waals surface area contributed by atoms with Crippen molar-refractivity contribution in [1.29, 1.82) is 0 Å². The molecule has 2 fully saturated rings. The van der Waals surface area contributed by atoms with E-state index < -0.39 is 0 Å². The quantitative estimate of drug-likeness (QED) is 0.878. The van der Waals surface area contributed by atoms with Crippen LogP contribution >= 0.6 is 15.9 Å². The van der Waals surface area contributed by atoms with Gasteiger partial charge in [0.05, 0.1) is 6.54 Å². The first-order valence-corrected chi connectivity index (χ1v) is 8.27. The maximum atomic E-state index is 12.3. The Balaban J connectivity index is 1.63. The predicted octanol–water partition coefficient (Wildman–Crippen LogP) is 2.32. The third-order valence-corrected chi connectivity index (χ3v) is 5.45. The van der Waals surface area contributed by atoms with Crippen molar-refractivity contribution < 1.29 is 4.79 Å². The summed E-state index contributed by atoms with van der Waals surface area (Å²) in [5.41, 5.74) is 0.927. The van der Waals surface area contributed by atoms with Gasteiger partial charge in [-0.1, -0.05) is 22.0 Å². The molecule has 2 atom stereocenters. The zero-order valence-corrected chi connectivity index (χ0v) is 14.1. The summed E-state index contributed by atoms with van der Waals surface area (Å²) in [6.07, 6.45) is 0. The molecule has 21 heavy (non-hydrogen) atoms. The number of fused-ring (bicyclic) bond motifs is 1. The molecule has 0 aromatic heterocycles. The smallest absolute Gasteiger partial charge is 0.238 e. The van der Waals surface area contributed by atoms with Gasteiger partial charge in [-0.3, -0.25) is 9.69 Å². The molecule has 0 bridgehead atoms. The van der Waals surface area contributed by atoms with Gasteiger partial charge in [-0.2, -0.15) is 0 Å². The number of nitrogens with one attached hydrogen (secondary N) is 2.